The Labute approximate surface area is 89.6 Å². The molecule has 0 unspecified atom stereocenters. The Morgan fingerprint density at radius 1 is 1.21 bits per heavy atom. The summed E-state index contributed by atoms with van der Waals surface area (Å²) in [6, 6.07) is 0. The van der Waals surface area contributed by atoms with Crippen LogP contribution in [-0.2, 0) is 0 Å². The third kappa shape index (κ3) is 8.52. The monoisotopic (exact) mass is 200 g/mol. The van der Waals surface area contributed by atoms with Gasteiger partial charge in [0.25, 0.3) is 0 Å². The van der Waals surface area contributed by atoms with Crippen molar-refractivity contribution < 1.29 is 0 Å². The van der Waals surface area contributed by atoms with Gasteiger partial charge in [0.15, 0.2) is 0 Å². The molecular weight excluding hydrogens is 172 g/mol. The fraction of sp³-hybridized carbons (Fsp3) is 1.00. The lowest BCUT2D eigenvalue weighted by molar-refractivity contribution is 0.417. The molecule has 0 aromatic carbocycles. The summed E-state index contributed by atoms with van der Waals surface area (Å²) in [7, 11) is 0. The highest BCUT2D eigenvalue weighted by molar-refractivity contribution is 4.71. The van der Waals surface area contributed by atoms with Gasteiger partial charge in [-0.05, 0) is 45.7 Å². The van der Waals surface area contributed by atoms with E-state index in [-0.39, 0.29) is 5.54 Å². The summed E-state index contributed by atoms with van der Waals surface area (Å²) >= 11 is 0. The maximum Gasteiger partial charge on any atom is 0.00975 e. The maximum atomic E-state index is 5.90. The minimum atomic E-state index is -0.00338. The lowest BCUT2D eigenvalue weighted by Crippen LogP contribution is -2.33. The first-order valence-corrected chi connectivity index (χ1v) is 5.99. The van der Waals surface area contributed by atoms with Crippen LogP contribution in [0.2, 0.25) is 0 Å². The van der Waals surface area contributed by atoms with Crippen molar-refractivity contribution in [2.45, 2.75) is 58.9 Å². The second-order valence-electron chi connectivity index (χ2n) is 4.98. The molecule has 0 aromatic rings. The molecule has 0 aliphatic rings. The Morgan fingerprint density at radius 3 is 2.21 bits per heavy atom. The van der Waals surface area contributed by atoms with E-state index in [0.717, 1.165) is 25.4 Å². The van der Waals surface area contributed by atoms with E-state index < -0.39 is 0 Å². The molecule has 86 valence electrons. The largest absolute Gasteiger partial charge is 0.326 e. The van der Waals surface area contributed by atoms with Crippen LogP contribution in [0, 0.1) is 5.92 Å². The Bertz CT molecular complexity index is 123. The summed E-state index contributed by atoms with van der Waals surface area (Å²) in [5, 5.41) is 3.50. The number of rotatable bonds is 8. The molecule has 0 radical (unpaired) electrons. The van der Waals surface area contributed by atoms with Gasteiger partial charge in [-0.1, -0.05) is 26.7 Å². The second kappa shape index (κ2) is 7.24. The molecule has 0 spiro atoms. The highest BCUT2D eigenvalue weighted by Crippen LogP contribution is 2.07. The molecule has 0 aliphatic carbocycles. The van der Waals surface area contributed by atoms with Crippen LogP contribution >= 0.6 is 0 Å². The van der Waals surface area contributed by atoms with Crippen molar-refractivity contribution >= 4 is 0 Å². The lowest BCUT2D eigenvalue weighted by atomic mass is 10.00. The number of nitrogens with two attached hydrogens (primary N) is 1. The van der Waals surface area contributed by atoms with Crippen LogP contribution in [0.4, 0.5) is 0 Å². The molecule has 0 rings (SSSR count). The van der Waals surface area contributed by atoms with Gasteiger partial charge in [0, 0.05) is 5.54 Å². The van der Waals surface area contributed by atoms with Gasteiger partial charge in [-0.2, -0.15) is 0 Å². The molecule has 2 nitrogen and oxygen atoms in total. The van der Waals surface area contributed by atoms with Crippen molar-refractivity contribution in [1.29, 1.82) is 0 Å². The van der Waals surface area contributed by atoms with Crippen LogP contribution in [-0.4, -0.2) is 18.6 Å². The van der Waals surface area contributed by atoms with Gasteiger partial charge in [-0.25, -0.2) is 0 Å². The van der Waals surface area contributed by atoms with E-state index in [1.807, 2.05) is 0 Å². The maximum absolute atomic E-state index is 5.90. The van der Waals surface area contributed by atoms with Crippen LogP contribution in [0.5, 0.6) is 0 Å². The molecule has 0 heterocycles. The molecular formula is C12H28N2. The number of hydrogen-bond acceptors (Lipinski definition) is 2. The average molecular weight is 200 g/mol. The molecule has 0 fully saturated rings. The van der Waals surface area contributed by atoms with Gasteiger partial charge >= 0.3 is 0 Å². The Hall–Kier alpha value is -0.0800. The Kier molecular flexibility index (Phi) is 7.20. The first-order chi connectivity index (χ1) is 6.49. The molecule has 14 heavy (non-hydrogen) atoms. The third-order valence-corrected chi connectivity index (χ3v) is 2.76. The van der Waals surface area contributed by atoms with Crippen molar-refractivity contribution in [1.82, 2.24) is 5.32 Å². The molecule has 0 saturated carbocycles. The van der Waals surface area contributed by atoms with Gasteiger partial charge in [-0.3, -0.25) is 0 Å². The van der Waals surface area contributed by atoms with Crippen LogP contribution in [0.3, 0.4) is 0 Å². The highest BCUT2D eigenvalue weighted by Gasteiger charge is 2.09. The van der Waals surface area contributed by atoms with Crippen molar-refractivity contribution in [3.63, 3.8) is 0 Å². The molecule has 3 N–H and O–H groups in total. The van der Waals surface area contributed by atoms with E-state index in [2.05, 4.69) is 33.0 Å². The lowest BCUT2D eigenvalue weighted by Gasteiger charge is -2.19. The third-order valence-electron chi connectivity index (χ3n) is 2.76. The smallest absolute Gasteiger partial charge is 0.00975 e. The summed E-state index contributed by atoms with van der Waals surface area (Å²) in [6.07, 6.45) is 4.85. The Balaban J connectivity index is 3.29. The van der Waals surface area contributed by atoms with Gasteiger partial charge in [0.1, 0.15) is 0 Å². The fourth-order valence-electron chi connectivity index (χ4n) is 1.55. The van der Waals surface area contributed by atoms with Gasteiger partial charge in [-0.15, -0.1) is 0 Å². The standard InChI is InChI=1S/C12H28N2/c1-5-11(6-2)10-14-9-7-8-12(3,4)13/h11,14H,5-10,13H2,1-4H3. The summed E-state index contributed by atoms with van der Waals surface area (Å²) in [4.78, 5) is 0. The molecule has 0 bridgehead atoms. The van der Waals surface area contributed by atoms with Crippen molar-refractivity contribution in [2.75, 3.05) is 13.1 Å². The molecule has 2 heteroatoms. The van der Waals surface area contributed by atoms with Crippen LogP contribution in [0.25, 0.3) is 0 Å². The first-order valence-electron chi connectivity index (χ1n) is 5.99. The summed E-state index contributed by atoms with van der Waals surface area (Å²) < 4.78 is 0. The second-order valence-corrected chi connectivity index (χ2v) is 4.98. The minimum absolute atomic E-state index is 0.00338. The van der Waals surface area contributed by atoms with E-state index in [4.69, 9.17) is 5.73 Å². The number of hydrogen-bond donors (Lipinski definition) is 2. The average Bonchev–Trinajstić information content (AvgIpc) is 2.09. The topological polar surface area (TPSA) is 38.0 Å². The fourth-order valence-corrected chi connectivity index (χ4v) is 1.55. The zero-order chi connectivity index (χ0) is 11.0. The first kappa shape index (κ1) is 13.9. The van der Waals surface area contributed by atoms with E-state index in [1.165, 1.54) is 19.3 Å². The van der Waals surface area contributed by atoms with E-state index in [0.29, 0.717) is 0 Å². The quantitative estimate of drug-likeness (QED) is 0.591. The predicted octanol–water partition coefficient (Wildman–Crippen LogP) is 2.53. The van der Waals surface area contributed by atoms with Gasteiger partial charge in [0.2, 0.25) is 0 Å². The predicted molar refractivity (Wildman–Crippen MR) is 64.4 cm³/mol. The zero-order valence-corrected chi connectivity index (χ0v) is 10.4. The number of nitrogens with one attached hydrogen (secondary N) is 1. The molecule has 0 amide bonds. The molecule has 0 saturated heterocycles. The van der Waals surface area contributed by atoms with Crippen molar-refractivity contribution in [3.05, 3.63) is 0 Å². The van der Waals surface area contributed by atoms with Gasteiger partial charge < -0.3 is 11.1 Å². The summed E-state index contributed by atoms with van der Waals surface area (Å²) in [5.74, 6) is 0.848. The van der Waals surface area contributed by atoms with E-state index in [9.17, 15) is 0 Å². The van der Waals surface area contributed by atoms with Crippen LogP contribution in [0.15, 0.2) is 0 Å². The Morgan fingerprint density at radius 2 is 1.79 bits per heavy atom. The van der Waals surface area contributed by atoms with Crippen LogP contribution in [0.1, 0.15) is 53.4 Å². The summed E-state index contributed by atoms with van der Waals surface area (Å²) in [6.45, 7) is 11.0. The van der Waals surface area contributed by atoms with E-state index in [1.54, 1.807) is 0 Å². The van der Waals surface area contributed by atoms with E-state index >= 15 is 0 Å². The molecule has 0 aromatic heterocycles. The minimum Gasteiger partial charge on any atom is -0.326 e. The van der Waals surface area contributed by atoms with Crippen molar-refractivity contribution in [2.24, 2.45) is 11.7 Å². The zero-order valence-electron chi connectivity index (χ0n) is 10.4. The summed E-state index contributed by atoms with van der Waals surface area (Å²) in [5.41, 5.74) is 5.90. The van der Waals surface area contributed by atoms with Crippen LogP contribution < -0.4 is 11.1 Å². The molecule has 0 aliphatic heterocycles. The molecule has 0 atom stereocenters. The van der Waals surface area contributed by atoms with Gasteiger partial charge in [0.05, 0.1) is 0 Å². The van der Waals surface area contributed by atoms with Crippen molar-refractivity contribution in [3.8, 4) is 0 Å². The highest BCUT2D eigenvalue weighted by atomic mass is 14.9. The normalized spacial score (nSPS) is 12.4. The SMILES string of the molecule is CCC(CC)CNCCCC(C)(C)N.